The van der Waals surface area contributed by atoms with Crippen LogP contribution < -0.4 is 0 Å². The molecule has 0 rings (SSSR count). The molecule has 0 bridgehead atoms. The van der Waals surface area contributed by atoms with Gasteiger partial charge in [-0.3, -0.25) is 0 Å². The number of hydrogen-bond donors (Lipinski definition) is 2. The maximum absolute atomic E-state index is 8.56. The molecule has 0 fully saturated rings. The summed E-state index contributed by atoms with van der Waals surface area (Å²) in [6.45, 7) is 0. The van der Waals surface area contributed by atoms with Crippen molar-refractivity contribution < 1.29 is 40.7 Å². The Morgan fingerprint density at radius 2 is 1.43 bits per heavy atom. The van der Waals surface area contributed by atoms with Crippen molar-refractivity contribution in [1.29, 1.82) is 0 Å². The van der Waals surface area contributed by atoms with Crippen molar-refractivity contribution in [3.8, 4) is 0 Å². The van der Waals surface area contributed by atoms with E-state index in [-0.39, 0.29) is 48.7 Å². The molecule has 0 amide bonds. The van der Waals surface area contributed by atoms with Crippen molar-refractivity contribution in [2.45, 2.75) is 0 Å². The van der Waals surface area contributed by atoms with Crippen molar-refractivity contribution in [3.63, 3.8) is 0 Å². The maximum atomic E-state index is 8.56. The summed E-state index contributed by atoms with van der Waals surface area (Å²) in [5, 5.41) is 13.9. The van der Waals surface area contributed by atoms with E-state index in [4.69, 9.17) is 15.0 Å². The fourth-order valence-corrected chi connectivity index (χ4v) is 0. The predicted octanol–water partition coefficient (Wildman–Crippen LogP) is -0.761. The number of hydrogen-bond acceptors (Lipinski definition) is 1. The Hall–Kier alpha value is 0.529. The van der Waals surface area contributed by atoms with Gasteiger partial charge in [0.15, 0.2) is 0 Å². The molecule has 0 spiro atoms. The molecule has 0 heterocycles. The first-order chi connectivity index (χ1) is 1.73. The topological polar surface area (TPSA) is 89.0 Å². The Labute approximate surface area is 70.1 Å². The van der Waals surface area contributed by atoms with E-state index in [2.05, 4.69) is 0 Å². The van der Waals surface area contributed by atoms with Gasteiger partial charge in [0, 0.05) is 17.4 Å². The molecule has 0 aromatic rings. The summed E-state index contributed by atoms with van der Waals surface area (Å²) in [6, 6.07) is 0. The van der Waals surface area contributed by atoms with Crippen LogP contribution in [0.2, 0.25) is 0 Å². The summed E-state index contributed by atoms with van der Waals surface area (Å²) >= 11 is 0. The normalized spacial score (nSPS) is 3.43. The molecule has 0 unspecified atom stereocenters. The second-order valence-corrected chi connectivity index (χ2v) is 0.283. The monoisotopic (exact) mass is 158 g/mol. The summed E-state index contributed by atoms with van der Waals surface area (Å²) in [5.74, 6) is 0. The summed E-state index contributed by atoms with van der Waals surface area (Å²) in [7, 11) is 0. The predicted molar refractivity (Wildman–Crippen MR) is 22.2 cm³/mol. The Morgan fingerprint density at radius 3 is 1.43 bits per heavy atom. The van der Waals surface area contributed by atoms with Crippen molar-refractivity contribution >= 4 is 29.2 Å². The minimum atomic E-state index is -1.83. The fourth-order valence-electron chi connectivity index (χ4n) is 0. The smallest absolute Gasteiger partial charge is 1.00 e. The second-order valence-electron chi connectivity index (χ2n) is 0.283. The van der Waals surface area contributed by atoms with Gasteiger partial charge in [-0.15, -0.1) is 0 Å². The first kappa shape index (κ1) is 25.8. The van der Waals surface area contributed by atoms with Gasteiger partial charge in [-0.1, -0.05) is 0 Å². The largest absolute Gasteiger partial charge is 2.00 e. The molecule has 4 N–H and O–H groups in total. The van der Waals surface area contributed by atoms with Crippen molar-refractivity contribution in [3.05, 3.63) is 0 Å². The molecule has 42 valence electrons. The van der Waals surface area contributed by atoms with Crippen LogP contribution in [0.1, 0.15) is 2.85 Å². The molecule has 0 aromatic heterocycles. The van der Waals surface area contributed by atoms with E-state index in [0.717, 1.165) is 0 Å². The molecule has 0 radical (unpaired) electrons. The minimum absolute atomic E-state index is 0. The molecule has 0 aliphatic heterocycles. The molecule has 0 aliphatic carbocycles. The van der Waals surface area contributed by atoms with Gasteiger partial charge in [0.05, 0.1) is 0 Å². The van der Waals surface area contributed by atoms with E-state index in [1.54, 1.807) is 0 Å². The van der Waals surface area contributed by atoms with Gasteiger partial charge in [0.2, 0.25) is 0 Å². The van der Waals surface area contributed by atoms with Crippen molar-refractivity contribution in [1.82, 2.24) is 0 Å². The van der Waals surface area contributed by atoms with E-state index < -0.39 is 6.16 Å². The Kier molecular flexibility index (Phi) is 59.0. The zero-order valence-corrected chi connectivity index (χ0v) is 6.11. The van der Waals surface area contributed by atoms with Crippen molar-refractivity contribution in [2.75, 3.05) is 0 Å². The molecular formula is CH6CrMgO4. The van der Waals surface area contributed by atoms with Crippen LogP contribution in [0.5, 0.6) is 0 Å². The summed E-state index contributed by atoms with van der Waals surface area (Å²) in [6.07, 6.45) is -1.83. The zero-order valence-electron chi connectivity index (χ0n) is 5.42. The van der Waals surface area contributed by atoms with Gasteiger partial charge >= 0.3 is 29.2 Å². The van der Waals surface area contributed by atoms with Crippen LogP contribution in [0.15, 0.2) is 0 Å². The van der Waals surface area contributed by atoms with E-state index in [9.17, 15) is 0 Å². The molecule has 0 saturated heterocycles. The van der Waals surface area contributed by atoms with E-state index in [0.29, 0.717) is 0 Å². The van der Waals surface area contributed by atoms with Crippen LogP contribution in [0, 0.1) is 0 Å². The first-order valence-corrected chi connectivity index (χ1v) is 0.651. The van der Waals surface area contributed by atoms with Crippen molar-refractivity contribution in [2.24, 2.45) is 0 Å². The minimum Gasteiger partial charge on any atom is -1.00 e. The fraction of sp³-hybridized carbons (Fsp3) is 0. The van der Waals surface area contributed by atoms with Crippen LogP contribution in [-0.2, 0) is 17.4 Å². The molecule has 0 aliphatic rings. The zero-order chi connectivity index (χ0) is 3.58. The number of rotatable bonds is 0. The van der Waals surface area contributed by atoms with E-state index in [1.165, 1.54) is 0 Å². The van der Waals surface area contributed by atoms with Gasteiger partial charge in [-0.05, 0) is 0 Å². The molecule has 6 heteroatoms. The molecular weight excluding hydrogens is 152 g/mol. The third-order valence-corrected chi connectivity index (χ3v) is 0. The Balaban J connectivity index is -0.00000000450. The summed E-state index contributed by atoms with van der Waals surface area (Å²) in [5.41, 5.74) is 0. The maximum Gasteiger partial charge on any atom is 2.00 e. The van der Waals surface area contributed by atoms with Gasteiger partial charge in [0.25, 0.3) is 0 Å². The number of carboxylic acid groups (broad SMARTS) is 2. The first-order valence-electron chi connectivity index (χ1n) is 0.651. The summed E-state index contributed by atoms with van der Waals surface area (Å²) in [4.78, 5) is 8.56. The van der Waals surface area contributed by atoms with Crippen LogP contribution in [0.4, 0.5) is 4.79 Å². The van der Waals surface area contributed by atoms with Gasteiger partial charge in [0.1, 0.15) is 0 Å². The average molecular weight is 158 g/mol. The quantitative estimate of drug-likeness (QED) is 0.454. The van der Waals surface area contributed by atoms with Crippen LogP contribution >= 0.6 is 0 Å². The van der Waals surface area contributed by atoms with Crippen LogP contribution in [0.3, 0.4) is 0 Å². The molecule has 0 aromatic carbocycles. The summed E-state index contributed by atoms with van der Waals surface area (Å²) < 4.78 is 0. The molecule has 0 saturated carbocycles. The third-order valence-electron chi connectivity index (χ3n) is 0. The van der Waals surface area contributed by atoms with Gasteiger partial charge < -0.3 is 18.5 Å². The Bertz CT molecular complexity index is 41.5. The van der Waals surface area contributed by atoms with E-state index in [1.807, 2.05) is 0 Å². The second kappa shape index (κ2) is 16.0. The molecule has 7 heavy (non-hydrogen) atoms. The van der Waals surface area contributed by atoms with Crippen LogP contribution in [-0.4, -0.2) is 44.9 Å². The van der Waals surface area contributed by atoms with Gasteiger partial charge in [-0.2, -0.15) is 0 Å². The third kappa shape index (κ3) is 479. The average Bonchev–Trinajstić information content (AvgIpc) is 0.811. The molecule has 0 atom stereocenters. The van der Waals surface area contributed by atoms with Gasteiger partial charge in [-0.25, -0.2) is 4.79 Å². The molecule has 4 nitrogen and oxygen atoms in total. The Morgan fingerprint density at radius 1 is 1.43 bits per heavy atom. The van der Waals surface area contributed by atoms with E-state index >= 15 is 0 Å². The SMILES string of the molecule is O.O=C(O)O.[Cr].[H-].[H-].[Mg+2]. The standard InChI is InChI=1S/CH2O3.Cr.Mg.H2O.2H/c2-1(3)4;;;;;/h(H2,2,3,4);;;1H2;;/q;;+2;;2*-1. The number of carbonyl (C=O) groups is 1. The van der Waals surface area contributed by atoms with Crippen LogP contribution in [0.25, 0.3) is 0 Å².